The molecule has 0 bridgehead atoms. The number of allylic oxidation sites excluding steroid dienone is 1. The van der Waals surface area contributed by atoms with Crippen LogP contribution in [-0.4, -0.2) is 19.3 Å². The minimum Gasteiger partial charge on any atom is -0.270 e. The molecule has 1 aromatic rings. The van der Waals surface area contributed by atoms with Crippen molar-refractivity contribution in [2.24, 2.45) is 0 Å². The van der Waals surface area contributed by atoms with Crippen LogP contribution in [0.15, 0.2) is 39.8 Å². The zero-order valence-electron chi connectivity index (χ0n) is 14.4. The zero-order chi connectivity index (χ0) is 17.3. The number of nitrogens with zero attached hydrogens (tertiary/aromatic N) is 1. The van der Waals surface area contributed by atoms with Gasteiger partial charge in [-0.25, -0.2) is 8.42 Å². The highest BCUT2D eigenvalue weighted by molar-refractivity contribution is 9.11. The normalized spacial score (nSPS) is 12.4. The second-order valence-electron chi connectivity index (χ2n) is 5.80. The highest BCUT2D eigenvalue weighted by atomic mass is 79.9. The van der Waals surface area contributed by atoms with Crippen molar-refractivity contribution in [3.63, 3.8) is 0 Å². The SMILES string of the molecule is CCCCCC/C(=C/Br)N(CCC)S(=O)(=O)c1ccc(C)cc1. The molecule has 0 amide bonds. The Bertz CT molecular complexity index is 594. The predicted octanol–water partition coefficient (Wildman–Crippen LogP) is 5.60. The van der Waals surface area contributed by atoms with Crippen molar-refractivity contribution in [2.45, 2.75) is 64.2 Å². The topological polar surface area (TPSA) is 37.4 Å². The maximum absolute atomic E-state index is 13.0. The smallest absolute Gasteiger partial charge is 0.264 e. The van der Waals surface area contributed by atoms with Crippen molar-refractivity contribution in [2.75, 3.05) is 6.54 Å². The Morgan fingerprint density at radius 1 is 1.09 bits per heavy atom. The van der Waals surface area contributed by atoms with E-state index < -0.39 is 10.0 Å². The molecule has 5 heteroatoms. The Balaban J connectivity index is 3.00. The van der Waals surface area contributed by atoms with Crippen molar-refractivity contribution in [3.8, 4) is 0 Å². The first-order valence-electron chi connectivity index (χ1n) is 8.36. The summed E-state index contributed by atoms with van der Waals surface area (Å²) in [6.07, 6.45) is 6.06. The Morgan fingerprint density at radius 2 is 1.74 bits per heavy atom. The fraction of sp³-hybridized carbons (Fsp3) is 0.556. The van der Waals surface area contributed by atoms with Crippen molar-refractivity contribution in [1.29, 1.82) is 0 Å². The highest BCUT2D eigenvalue weighted by Gasteiger charge is 2.25. The van der Waals surface area contributed by atoms with Crippen LogP contribution < -0.4 is 0 Å². The zero-order valence-corrected chi connectivity index (χ0v) is 16.8. The lowest BCUT2D eigenvalue weighted by molar-refractivity contribution is 0.455. The van der Waals surface area contributed by atoms with E-state index in [4.69, 9.17) is 0 Å². The summed E-state index contributed by atoms with van der Waals surface area (Å²) in [6.45, 7) is 6.63. The molecular formula is C18H28BrNO2S. The molecular weight excluding hydrogens is 374 g/mol. The van der Waals surface area contributed by atoms with Crippen LogP contribution in [0.1, 0.15) is 57.9 Å². The monoisotopic (exact) mass is 401 g/mol. The van der Waals surface area contributed by atoms with Gasteiger partial charge in [0.1, 0.15) is 0 Å². The number of unbranched alkanes of at least 4 members (excludes halogenated alkanes) is 3. The molecule has 0 radical (unpaired) electrons. The van der Waals surface area contributed by atoms with Crippen molar-refractivity contribution < 1.29 is 8.42 Å². The van der Waals surface area contributed by atoms with Gasteiger partial charge < -0.3 is 0 Å². The highest BCUT2D eigenvalue weighted by Crippen LogP contribution is 2.25. The first-order valence-corrected chi connectivity index (χ1v) is 10.7. The summed E-state index contributed by atoms with van der Waals surface area (Å²) in [5, 5.41) is 0. The summed E-state index contributed by atoms with van der Waals surface area (Å²) in [7, 11) is -3.50. The summed E-state index contributed by atoms with van der Waals surface area (Å²) in [5.74, 6) is 0. The van der Waals surface area contributed by atoms with Gasteiger partial charge in [-0.3, -0.25) is 4.31 Å². The van der Waals surface area contributed by atoms with Crippen LogP contribution in [0.2, 0.25) is 0 Å². The molecule has 0 saturated carbocycles. The van der Waals surface area contributed by atoms with Crippen LogP contribution in [0.25, 0.3) is 0 Å². The molecule has 0 heterocycles. The Hall–Kier alpha value is -0.810. The van der Waals surface area contributed by atoms with Gasteiger partial charge >= 0.3 is 0 Å². The lowest BCUT2D eigenvalue weighted by Gasteiger charge is -2.26. The summed E-state index contributed by atoms with van der Waals surface area (Å²) >= 11 is 3.36. The van der Waals surface area contributed by atoms with Gasteiger partial charge in [0.25, 0.3) is 10.0 Å². The Kier molecular flexibility index (Phi) is 8.92. The molecule has 130 valence electrons. The van der Waals surface area contributed by atoms with E-state index in [1.165, 1.54) is 12.8 Å². The van der Waals surface area contributed by atoms with Crippen molar-refractivity contribution in [3.05, 3.63) is 40.5 Å². The molecule has 0 aliphatic carbocycles. The van der Waals surface area contributed by atoms with E-state index in [1.807, 2.05) is 26.0 Å². The van der Waals surface area contributed by atoms with E-state index >= 15 is 0 Å². The van der Waals surface area contributed by atoms with Gasteiger partial charge in [-0.2, -0.15) is 0 Å². The van der Waals surface area contributed by atoms with Crippen molar-refractivity contribution >= 4 is 26.0 Å². The number of sulfonamides is 1. The average molecular weight is 402 g/mol. The summed E-state index contributed by atoms with van der Waals surface area (Å²) < 4.78 is 27.5. The van der Waals surface area contributed by atoms with Crippen LogP contribution in [0.3, 0.4) is 0 Å². The number of benzene rings is 1. The van der Waals surface area contributed by atoms with Crippen LogP contribution in [0.5, 0.6) is 0 Å². The van der Waals surface area contributed by atoms with E-state index in [1.54, 1.807) is 21.4 Å². The van der Waals surface area contributed by atoms with Crippen LogP contribution in [0.4, 0.5) is 0 Å². The van der Waals surface area contributed by atoms with Gasteiger partial charge in [0.2, 0.25) is 0 Å². The number of halogens is 1. The molecule has 1 aromatic carbocycles. The first-order chi connectivity index (χ1) is 11.0. The molecule has 0 unspecified atom stereocenters. The number of hydrogen-bond donors (Lipinski definition) is 0. The maximum atomic E-state index is 13.0. The van der Waals surface area contributed by atoms with E-state index in [9.17, 15) is 8.42 Å². The Labute approximate surface area is 150 Å². The molecule has 1 rings (SSSR count). The quantitative estimate of drug-likeness (QED) is 0.478. The molecule has 0 aliphatic heterocycles. The van der Waals surface area contributed by atoms with Gasteiger partial charge in [-0.05, 0) is 38.3 Å². The van der Waals surface area contributed by atoms with Gasteiger partial charge in [0.05, 0.1) is 4.90 Å². The number of rotatable bonds is 10. The number of aryl methyl sites for hydroxylation is 1. The fourth-order valence-corrected chi connectivity index (χ4v) is 4.65. The first kappa shape index (κ1) is 20.2. The van der Waals surface area contributed by atoms with Gasteiger partial charge in [0, 0.05) is 17.2 Å². The van der Waals surface area contributed by atoms with Crippen LogP contribution in [-0.2, 0) is 10.0 Å². The minimum atomic E-state index is -3.50. The molecule has 0 saturated heterocycles. The molecule has 0 atom stereocenters. The third-order valence-corrected chi connectivity index (χ3v) is 6.16. The largest absolute Gasteiger partial charge is 0.270 e. The van der Waals surface area contributed by atoms with Crippen molar-refractivity contribution in [1.82, 2.24) is 4.31 Å². The molecule has 0 fully saturated rings. The predicted molar refractivity (Wildman–Crippen MR) is 101 cm³/mol. The second kappa shape index (κ2) is 10.1. The van der Waals surface area contributed by atoms with E-state index in [-0.39, 0.29) is 0 Å². The second-order valence-corrected chi connectivity index (χ2v) is 8.12. The lowest BCUT2D eigenvalue weighted by atomic mass is 10.1. The minimum absolute atomic E-state index is 0.358. The summed E-state index contributed by atoms with van der Waals surface area (Å²) in [4.78, 5) is 2.12. The molecule has 23 heavy (non-hydrogen) atoms. The molecule has 0 aromatic heterocycles. The van der Waals surface area contributed by atoms with Crippen LogP contribution >= 0.6 is 15.9 Å². The van der Waals surface area contributed by atoms with Crippen LogP contribution in [0, 0.1) is 6.92 Å². The fourth-order valence-electron chi connectivity index (χ4n) is 2.43. The lowest BCUT2D eigenvalue weighted by Crippen LogP contribution is -2.31. The number of hydrogen-bond acceptors (Lipinski definition) is 2. The Morgan fingerprint density at radius 3 is 2.26 bits per heavy atom. The summed E-state index contributed by atoms with van der Waals surface area (Å²) in [6, 6.07) is 7.07. The molecule has 0 N–H and O–H groups in total. The van der Waals surface area contributed by atoms with Gasteiger partial charge in [-0.1, -0.05) is 66.7 Å². The molecule has 0 aliphatic rings. The molecule has 0 spiro atoms. The summed E-state index contributed by atoms with van der Waals surface area (Å²) in [5.41, 5.74) is 1.89. The van der Waals surface area contributed by atoms with E-state index in [0.717, 1.165) is 36.9 Å². The van der Waals surface area contributed by atoms with Gasteiger partial charge in [-0.15, -0.1) is 0 Å². The maximum Gasteiger partial charge on any atom is 0.264 e. The van der Waals surface area contributed by atoms with Gasteiger partial charge in [0.15, 0.2) is 0 Å². The third-order valence-electron chi connectivity index (χ3n) is 3.77. The van der Waals surface area contributed by atoms with E-state index in [2.05, 4.69) is 22.9 Å². The third kappa shape index (κ3) is 5.96. The molecule has 3 nitrogen and oxygen atoms in total. The standard InChI is InChI=1S/C18H28BrNO2S/c1-4-6-7-8-9-17(15-19)20(14-5-2)23(21,22)18-12-10-16(3)11-13-18/h10-13,15H,4-9,14H2,1-3H3/b17-15-. The average Bonchev–Trinajstić information content (AvgIpc) is 2.54. The van der Waals surface area contributed by atoms with E-state index in [0.29, 0.717) is 11.4 Å².